The Morgan fingerprint density at radius 1 is 0.788 bits per heavy atom. The monoisotopic (exact) mass is 520 g/mol. The van der Waals surface area contributed by atoms with Crippen molar-refractivity contribution in [2.24, 2.45) is 5.92 Å². The molecular weight excluding hydrogens is 498 g/mol. The van der Waals surface area contributed by atoms with E-state index in [4.69, 9.17) is 27.9 Å². The first kappa shape index (κ1) is 27.1. The molecule has 3 rings (SSSR count). The van der Waals surface area contributed by atoms with Gasteiger partial charge in [0, 0.05) is 0 Å². The SMILES string of the molecule is CCOC(=O)C(C(C)=O)C(=C(Cl)Cl)[P+](c1ccccc1)(c1ccccc1)c1ccccc1.[Cl-]. The summed E-state index contributed by atoms with van der Waals surface area (Å²) in [6.45, 7) is 3.21. The molecule has 7 heteroatoms. The maximum absolute atomic E-state index is 13.1. The molecule has 3 nitrogen and oxygen atoms in total. The third-order valence-electron chi connectivity index (χ3n) is 5.19. The van der Waals surface area contributed by atoms with Gasteiger partial charge in [-0.1, -0.05) is 77.8 Å². The Hall–Kier alpha value is -2.16. The van der Waals surface area contributed by atoms with Crippen LogP contribution in [0.2, 0.25) is 0 Å². The van der Waals surface area contributed by atoms with E-state index in [2.05, 4.69) is 0 Å². The van der Waals surface area contributed by atoms with Crippen LogP contribution in [0.4, 0.5) is 0 Å². The second-order valence-corrected chi connectivity index (χ2v) is 11.4. The lowest BCUT2D eigenvalue weighted by Gasteiger charge is -2.32. The van der Waals surface area contributed by atoms with Crippen LogP contribution in [0.5, 0.6) is 0 Å². The predicted octanol–water partition coefficient (Wildman–Crippen LogP) is 2.40. The first-order valence-electron chi connectivity index (χ1n) is 10.2. The third-order valence-corrected chi connectivity index (χ3v) is 10.3. The number of ketones is 1. The van der Waals surface area contributed by atoms with Gasteiger partial charge in [-0.3, -0.25) is 9.59 Å². The fraction of sp³-hybridized carbons (Fsp3) is 0.154. The minimum absolute atomic E-state index is 0. The van der Waals surface area contributed by atoms with Gasteiger partial charge in [0.2, 0.25) is 0 Å². The Balaban J connectivity index is 0.00000385. The Kier molecular flexibility index (Phi) is 10.1. The van der Waals surface area contributed by atoms with E-state index in [1.165, 1.54) is 6.92 Å². The molecule has 1 unspecified atom stereocenters. The molecule has 0 saturated heterocycles. The lowest BCUT2D eigenvalue weighted by Crippen LogP contribution is -3.00. The maximum Gasteiger partial charge on any atom is 0.324 e. The van der Waals surface area contributed by atoms with Crippen LogP contribution >= 0.6 is 30.5 Å². The molecule has 0 fully saturated rings. The van der Waals surface area contributed by atoms with Crippen LogP contribution in [0.15, 0.2) is 101 Å². The second-order valence-electron chi connectivity index (χ2n) is 7.12. The summed E-state index contributed by atoms with van der Waals surface area (Å²) < 4.78 is 5.21. The highest BCUT2D eigenvalue weighted by Crippen LogP contribution is 2.66. The van der Waals surface area contributed by atoms with Gasteiger partial charge < -0.3 is 17.1 Å². The summed E-state index contributed by atoms with van der Waals surface area (Å²) in [5, 5.41) is 3.18. The van der Waals surface area contributed by atoms with E-state index in [0.717, 1.165) is 15.9 Å². The van der Waals surface area contributed by atoms with Gasteiger partial charge in [0.1, 0.15) is 33.0 Å². The van der Waals surface area contributed by atoms with Gasteiger partial charge in [-0.25, -0.2) is 0 Å². The van der Waals surface area contributed by atoms with Gasteiger partial charge in [0.05, 0.1) is 6.61 Å². The van der Waals surface area contributed by atoms with Crippen LogP contribution in [0.25, 0.3) is 0 Å². The number of Topliss-reactive ketones (excluding diaryl/α,β-unsaturated/α-hetero) is 1. The number of carbonyl (C=O) groups excluding carboxylic acids is 2. The van der Waals surface area contributed by atoms with Crippen molar-refractivity contribution in [2.45, 2.75) is 13.8 Å². The zero-order chi connectivity index (χ0) is 23.1. The molecule has 0 spiro atoms. The van der Waals surface area contributed by atoms with Crippen molar-refractivity contribution >= 4 is 58.1 Å². The predicted molar refractivity (Wildman–Crippen MR) is 135 cm³/mol. The van der Waals surface area contributed by atoms with Crippen molar-refractivity contribution in [1.29, 1.82) is 0 Å². The standard InChI is InChI=1S/C26H24Cl2O3P.ClH/c1-3-31-26(30)23(19(2)29)24(25(27)28)32(20-13-7-4-8-14-20,21-15-9-5-10-16-21)22-17-11-6-12-18-22;/h4-18,23H,3H2,1-2H3;1H/q+1;/p-1. The summed E-state index contributed by atoms with van der Waals surface area (Å²) in [6, 6.07) is 29.3. The molecule has 0 radical (unpaired) electrons. The molecule has 1 atom stereocenters. The Morgan fingerprint density at radius 3 is 1.42 bits per heavy atom. The van der Waals surface area contributed by atoms with Crippen molar-refractivity contribution in [2.75, 3.05) is 6.61 Å². The lowest BCUT2D eigenvalue weighted by molar-refractivity contribution is -0.149. The van der Waals surface area contributed by atoms with Crippen molar-refractivity contribution in [3.05, 3.63) is 101 Å². The summed E-state index contributed by atoms with van der Waals surface area (Å²) in [6.07, 6.45) is 0. The smallest absolute Gasteiger partial charge is 0.324 e. The maximum atomic E-state index is 13.1. The first-order chi connectivity index (χ1) is 15.4. The minimum Gasteiger partial charge on any atom is -1.00 e. The highest BCUT2D eigenvalue weighted by Gasteiger charge is 2.56. The molecule has 0 heterocycles. The molecule has 0 bridgehead atoms. The fourth-order valence-corrected chi connectivity index (χ4v) is 9.44. The average molecular weight is 522 g/mol. The quantitative estimate of drug-likeness (QED) is 0.260. The van der Waals surface area contributed by atoms with Crippen LogP contribution in [0.1, 0.15) is 13.8 Å². The minimum atomic E-state index is -2.81. The van der Waals surface area contributed by atoms with E-state index in [9.17, 15) is 9.59 Å². The van der Waals surface area contributed by atoms with Gasteiger partial charge >= 0.3 is 5.97 Å². The molecule has 0 aromatic heterocycles. The third kappa shape index (κ3) is 5.50. The summed E-state index contributed by atoms with van der Waals surface area (Å²) in [5.74, 6) is -2.25. The second kappa shape index (κ2) is 12.3. The normalized spacial score (nSPS) is 11.6. The van der Waals surface area contributed by atoms with E-state index in [-0.39, 0.29) is 29.3 Å². The molecule has 0 saturated carbocycles. The van der Waals surface area contributed by atoms with Gasteiger partial charge in [0.15, 0.2) is 11.7 Å². The zero-order valence-electron chi connectivity index (χ0n) is 18.3. The lowest BCUT2D eigenvalue weighted by atomic mass is 10.1. The molecule has 3 aromatic carbocycles. The number of rotatable bonds is 8. The van der Waals surface area contributed by atoms with Crippen LogP contribution < -0.4 is 28.3 Å². The van der Waals surface area contributed by atoms with E-state index < -0.39 is 19.1 Å². The van der Waals surface area contributed by atoms with E-state index in [0.29, 0.717) is 5.31 Å². The van der Waals surface area contributed by atoms with E-state index >= 15 is 0 Å². The number of hydrogen-bond acceptors (Lipinski definition) is 3. The van der Waals surface area contributed by atoms with Crippen LogP contribution in [0, 0.1) is 5.92 Å². The van der Waals surface area contributed by atoms with Crippen molar-refractivity contribution < 1.29 is 26.7 Å². The number of benzene rings is 3. The molecule has 0 aliphatic heterocycles. The average Bonchev–Trinajstić information content (AvgIpc) is 2.81. The van der Waals surface area contributed by atoms with Crippen molar-refractivity contribution in [1.82, 2.24) is 0 Å². The van der Waals surface area contributed by atoms with Gasteiger partial charge in [-0.2, -0.15) is 0 Å². The van der Waals surface area contributed by atoms with Crippen LogP contribution in [-0.4, -0.2) is 18.4 Å². The highest BCUT2D eigenvalue weighted by atomic mass is 35.5. The van der Waals surface area contributed by atoms with Crippen LogP contribution in [-0.2, 0) is 14.3 Å². The number of hydrogen-bond donors (Lipinski definition) is 0. The van der Waals surface area contributed by atoms with Crippen LogP contribution in [0.3, 0.4) is 0 Å². The Labute approximate surface area is 211 Å². The fourth-order valence-electron chi connectivity index (χ4n) is 3.94. The zero-order valence-corrected chi connectivity index (χ0v) is 21.4. The highest BCUT2D eigenvalue weighted by molar-refractivity contribution is 7.99. The molecule has 3 aromatic rings. The van der Waals surface area contributed by atoms with Gasteiger partial charge in [-0.15, -0.1) is 0 Å². The number of halogens is 3. The number of esters is 1. The molecule has 33 heavy (non-hydrogen) atoms. The van der Waals surface area contributed by atoms with Gasteiger partial charge in [0.25, 0.3) is 0 Å². The molecule has 172 valence electrons. The summed E-state index contributed by atoms with van der Waals surface area (Å²) >= 11 is 13.1. The molecular formula is C26H24Cl3O3P. The molecule has 0 amide bonds. The first-order valence-corrected chi connectivity index (χ1v) is 12.8. The van der Waals surface area contributed by atoms with E-state index in [1.807, 2.05) is 91.0 Å². The topological polar surface area (TPSA) is 43.4 Å². The Morgan fingerprint density at radius 2 is 1.15 bits per heavy atom. The summed E-state index contributed by atoms with van der Waals surface area (Å²) in [5.41, 5.74) is 0. The summed E-state index contributed by atoms with van der Waals surface area (Å²) in [4.78, 5) is 26.0. The Bertz CT molecular complexity index is 1000. The van der Waals surface area contributed by atoms with Gasteiger partial charge in [-0.05, 0) is 50.2 Å². The largest absolute Gasteiger partial charge is 1.00 e. The molecule has 0 aliphatic rings. The van der Waals surface area contributed by atoms with E-state index in [1.54, 1.807) is 6.92 Å². The van der Waals surface area contributed by atoms with Crippen molar-refractivity contribution in [3.63, 3.8) is 0 Å². The molecule has 0 N–H and O–H groups in total. The van der Waals surface area contributed by atoms with Crippen molar-refractivity contribution in [3.8, 4) is 0 Å². The number of carbonyl (C=O) groups is 2. The summed E-state index contributed by atoms with van der Waals surface area (Å²) in [7, 11) is -2.81. The molecule has 0 aliphatic carbocycles. The number of ether oxygens (including phenoxy) is 1.